The van der Waals surface area contributed by atoms with Gasteiger partial charge in [-0.2, -0.15) is 0 Å². The lowest BCUT2D eigenvalue weighted by molar-refractivity contribution is -0.141. The van der Waals surface area contributed by atoms with E-state index in [4.69, 9.17) is 5.73 Å². The van der Waals surface area contributed by atoms with E-state index in [1.54, 1.807) is 17.1 Å². The van der Waals surface area contributed by atoms with Gasteiger partial charge in [-0.1, -0.05) is 6.92 Å². The predicted octanol–water partition coefficient (Wildman–Crippen LogP) is 0.220. The highest BCUT2D eigenvalue weighted by Crippen LogP contribution is 2.32. The molecule has 1 saturated heterocycles. The van der Waals surface area contributed by atoms with Crippen LogP contribution in [0.4, 0.5) is 0 Å². The number of carbonyl (C=O) groups is 2. The molecule has 110 valence electrons. The summed E-state index contributed by atoms with van der Waals surface area (Å²) >= 11 is 1.50. The van der Waals surface area contributed by atoms with Gasteiger partial charge in [-0.3, -0.25) is 4.79 Å². The molecule has 7 nitrogen and oxygen atoms in total. The van der Waals surface area contributed by atoms with Crippen molar-refractivity contribution in [3.8, 4) is 0 Å². The third-order valence-corrected chi connectivity index (χ3v) is 4.65. The Kier molecular flexibility index (Phi) is 4.66. The summed E-state index contributed by atoms with van der Waals surface area (Å²) in [5, 5.41) is 9.12. The van der Waals surface area contributed by atoms with Gasteiger partial charge in [-0.15, -0.1) is 11.8 Å². The number of nitrogens with zero attached hydrogens (tertiary/aromatic N) is 3. The largest absolute Gasteiger partial charge is 0.480 e. The molecule has 0 bridgehead atoms. The van der Waals surface area contributed by atoms with Gasteiger partial charge in [-0.25, -0.2) is 9.78 Å². The van der Waals surface area contributed by atoms with Crippen molar-refractivity contribution in [2.45, 2.75) is 31.3 Å². The highest BCUT2D eigenvalue weighted by atomic mass is 32.2. The minimum Gasteiger partial charge on any atom is -0.480 e. The Morgan fingerprint density at radius 2 is 2.35 bits per heavy atom. The highest BCUT2D eigenvalue weighted by Gasteiger charge is 2.41. The first kappa shape index (κ1) is 14.9. The lowest BCUT2D eigenvalue weighted by Crippen LogP contribution is -2.45. The van der Waals surface area contributed by atoms with Crippen LogP contribution in [0.5, 0.6) is 0 Å². The van der Waals surface area contributed by atoms with Crippen LogP contribution < -0.4 is 5.73 Å². The molecule has 1 aromatic heterocycles. The van der Waals surface area contributed by atoms with Crippen molar-refractivity contribution in [3.63, 3.8) is 0 Å². The zero-order valence-corrected chi connectivity index (χ0v) is 12.0. The van der Waals surface area contributed by atoms with Crippen LogP contribution in [0.2, 0.25) is 0 Å². The van der Waals surface area contributed by atoms with Crippen LogP contribution in [-0.4, -0.2) is 55.1 Å². The molecule has 8 heteroatoms. The maximum absolute atomic E-state index is 12.5. The fraction of sp³-hybridized carbons (Fsp3) is 0.583. The molecular formula is C12H18N4O3S. The van der Waals surface area contributed by atoms with Gasteiger partial charge in [0.15, 0.2) is 0 Å². The van der Waals surface area contributed by atoms with Crippen LogP contribution in [-0.2, 0) is 11.3 Å². The van der Waals surface area contributed by atoms with Crippen LogP contribution in [0.15, 0.2) is 12.5 Å². The second-order valence-electron chi connectivity index (χ2n) is 4.55. The number of carboxylic acid groups (broad SMARTS) is 1. The van der Waals surface area contributed by atoms with Crippen molar-refractivity contribution in [2.24, 2.45) is 5.73 Å². The average molecular weight is 298 g/mol. The molecule has 1 amide bonds. The summed E-state index contributed by atoms with van der Waals surface area (Å²) in [5.74, 6) is -0.878. The normalized spacial score (nSPS) is 22.2. The SMILES string of the molecule is CCC1SCC(C(=O)O)N1C(=O)c1cn(CCN)cn1. The number of imidazole rings is 1. The van der Waals surface area contributed by atoms with E-state index in [1.165, 1.54) is 16.7 Å². The standard InChI is InChI=1S/C12H18N4O3S/c1-2-10-16(9(6-20-10)12(18)19)11(17)8-5-15(4-3-13)7-14-8/h5,7,9-10H,2-4,6,13H2,1H3,(H,18,19). The minimum atomic E-state index is -0.969. The Morgan fingerprint density at radius 3 is 2.95 bits per heavy atom. The zero-order chi connectivity index (χ0) is 14.7. The monoisotopic (exact) mass is 298 g/mol. The molecule has 2 rings (SSSR count). The van der Waals surface area contributed by atoms with E-state index in [0.717, 1.165) is 0 Å². The van der Waals surface area contributed by atoms with Crippen LogP contribution in [0.1, 0.15) is 23.8 Å². The molecule has 1 aromatic rings. The Bertz CT molecular complexity index is 505. The Hall–Kier alpha value is -1.54. The van der Waals surface area contributed by atoms with E-state index in [9.17, 15) is 14.7 Å². The summed E-state index contributed by atoms with van der Waals surface area (Å²) in [5.41, 5.74) is 5.72. The van der Waals surface area contributed by atoms with Crippen molar-refractivity contribution in [2.75, 3.05) is 12.3 Å². The van der Waals surface area contributed by atoms with Crippen LogP contribution >= 0.6 is 11.8 Å². The van der Waals surface area contributed by atoms with Crippen molar-refractivity contribution in [3.05, 3.63) is 18.2 Å². The predicted molar refractivity (Wildman–Crippen MR) is 75.4 cm³/mol. The summed E-state index contributed by atoms with van der Waals surface area (Å²) in [6.07, 6.45) is 3.87. The molecular weight excluding hydrogens is 280 g/mol. The van der Waals surface area contributed by atoms with Gasteiger partial charge in [0.2, 0.25) is 0 Å². The maximum atomic E-state index is 12.5. The number of hydrogen-bond acceptors (Lipinski definition) is 5. The molecule has 20 heavy (non-hydrogen) atoms. The number of aromatic nitrogens is 2. The molecule has 0 aromatic carbocycles. The second kappa shape index (κ2) is 6.27. The topological polar surface area (TPSA) is 101 Å². The van der Waals surface area contributed by atoms with Gasteiger partial charge in [0.25, 0.3) is 5.91 Å². The van der Waals surface area contributed by atoms with Crippen LogP contribution in [0, 0.1) is 0 Å². The summed E-state index contributed by atoms with van der Waals surface area (Å²) in [6, 6.07) is -0.780. The zero-order valence-electron chi connectivity index (χ0n) is 11.2. The Labute approximate surface area is 121 Å². The van der Waals surface area contributed by atoms with Gasteiger partial charge in [0, 0.05) is 25.0 Å². The second-order valence-corrected chi connectivity index (χ2v) is 5.76. The number of carbonyl (C=O) groups excluding carboxylic acids is 1. The molecule has 1 aliphatic rings. The molecule has 2 atom stereocenters. The number of rotatable bonds is 5. The fourth-order valence-corrected chi connectivity index (χ4v) is 3.56. The third kappa shape index (κ3) is 2.80. The van der Waals surface area contributed by atoms with Crippen molar-refractivity contribution >= 4 is 23.6 Å². The molecule has 1 fully saturated rings. The fourth-order valence-electron chi connectivity index (χ4n) is 2.21. The van der Waals surface area contributed by atoms with Gasteiger partial charge >= 0.3 is 5.97 Å². The molecule has 0 saturated carbocycles. The van der Waals surface area contributed by atoms with E-state index in [1.807, 2.05) is 6.92 Å². The Balaban J connectivity index is 2.21. The lowest BCUT2D eigenvalue weighted by atomic mass is 10.2. The van der Waals surface area contributed by atoms with Crippen molar-refractivity contribution in [1.82, 2.24) is 14.5 Å². The minimum absolute atomic E-state index is 0.108. The van der Waals surface area contributed by atoms with Gasteiger partial charge in [-0.05, 0) is 6.42 Å². The molecule has 0 aliphatic carbocycles. The Morgan fingerprint density at radius 1 is 1.60 bits per heavy atom. The summed E-state index contributed by atoms with van der Waals surface area (Å²) in [7, 11) is 0. The molecule has 3 N–H and O–H groups in total. The molecule has 2 unspecified atom stereocenters. The average Bonchev–Trinajstić information content (AvgIpc) is 3.04. The van der Waals surface area contributed by atoms with Crippen molar-refractivity contribution in [1.29, 1.82) is 0 Å². The van der Waals surface area contributed by atoms with E-state index in [0.29, 0.717) is 25.3 Å². The number of nitrogens with two attached hydrogens (primary N) is 1. The number of thioether (sulfide) groups is 1. The number of hydrogen-bond donors (Lipinski definition) is 2. The summed E-state index contributed by atoms with van der Waals surface area (Å²) in [4.78, 5) is 29.2. The van der Waals surface area contributed by atoms with Crippen LogP contribution in [0.25, 0.3) is 0 Å². The first-order chi connectivity index (χ1) is 9.58. The molecule has 2 heterocycles. The molecule has 1 aliphatic heterocycles. The summed E-state index contributed by atoms with van der Waals surface area (Å²) in [6.45, 7) is 2.97. The number of aliphatic carboxylic acids is 1. The van der Waals surface area contributed by atoms with E-state index < -0.39 is 12.0 Å². The summed E-state index contributed by atoms with van der Waals surface area (Å²) < 4.78 is 1.73. The van der Waals surface area contributed by atoms with E-state index in [2.05, 4.69) is 4.98 Å². The maximum Gasteiger partial charge on any atom is 0.327 e. The number of carboxylic acids is 1. The van der Waals surface area contributed by atoms with Crippen LogP contribution in [0.3, 0.4) is 0 Å². The van der Waals surface area contributed by atoms with E-state index >= 15 is 0 Å². The van der Waals surface area contributed by atoms with E-state index in [-0.39, 0.29) is 17.0 Å². The molecule has 0 radical (unpaired) electrons. The van der Waals surface area contributed by atoms with Gasteiger partial charge < -0.3 is 20.3 Å². The highest BCUT2D eigenvalue weighted by molar-refractivity contribution is 8.00. The smallest absolute Gasteiger partial charge is 0.327 e. The first-order valence-corrected chi connectivity index (χ1v) is 7.52. The van der Waals surface area contributed by atoms with Crippen molar-refractivity contribution < 1.29 is 14.7 Å². The number of amides is 1. The van der Waals surface area contributed by atoms with Gasteiger partial charge in [0.05, 0.1) is 11.7 Å². The first-order valence-electron chi connectivity index (χ1n) is 6.47. The lowest BCUT2D eigenvalue weighted by Gasteiger charge is -2.25. The quantitative estimate of drug-likeness (QED) is 0.806. The molecule has 0 spiro atoms. The third-order valence-electron chi connectivity index (χ3n) is 3.20. The van der Waals surface area contributed by atoms with Gasteiger partial charge in [0.1, 0.15) is 11.7 Å².